The highest BCUT2D eigenvalue weighted by atomic mass is 32.2. The summed E-state index contributed by atoms with van der Waals surface area (Å²) in [7, 11) is -3.35. The molecule has 1 atom stereocenters. The molecule has 2 aromatic rings. The molecule has 0 radical (unpaired) electrons. The lowest BCUT2D eigenvalue weighted by Crippen LogP contribution is -2.41. The molecule has 6 nitrogen and oxygen atoms in total. The molecule has 3 rings (SSSR count). The molecule has 0 saturated carbocycles. The number of anilines is 1. The lowest BCUT2D eigenvalue weighted by Gasteiger charge is -2.37. The topological polar surface area (TPSA) is 75.7 Å². The van der Waals surface area contributed by atoms with Crippen molar-refractivity contribution in [2.45, 2.75) is 45.8 Å². The van der Waals surface area contributed by atoms with Gasteiger partial charge in [0.1, 0.15) is 11.4 Å². The van der Waals surface area contributed by atoms with Gasteiger partial charge in [0.2, 0.25) is 10.0 Å². The van der Waals surface area contributed by atoms with Gasteiger partial charge in [-0.25, -0.2) is 8.42 Å². The van der Waals surface area contributed by atoms with Gasteiger partial charge in [-0.05, 0) is 58.0 Å². The zero-order valence-corrected chi connectivity index (χ0v) is 18.1. The first-order valence-corrected chi connectivity index (χ1v) is 11.5. The van der Waals surface area contributed by atoms with Gasteiger partial charge in [-0.15, -0.1) is 0 Å². The highest BCUT2D eigenvalue weighted by Crippen LogP contribution is 2.39. The van der Waals surface area contributed by atoms with Crippen LogP contribution in [0.5, 0.6) is 5.75 Å². The van der Waals surface area contributed by atoms with Crippen LogP contribution in [0.25, 0.3) is 0 Å². The SMILES string of the molecule is CCN(c1ccc(C(=O)NC2CC(C)(C)Oc3ccccc32)cc1)S(=O)(=O)CC. The van der Waals surface area contributed by atoms with Gasteiger partial charge in [-0.3, -0.25) is 9.10 Å². The summed E-state index contributed by atoms with van der Waals surface area (Å²) in [6.07, 6.45) is 0.659. The van der Waals surface area contributed by atoms with Gasteiger partial charge in [0, 0.05) is 24.1 Å². The number of carbonyl (C=O) groups is 1. The molecule has 1 amide bonds. The Kier molecular flexibility index (Phi) is 5.89. The van der Waals surface area contributed by atoms with Crippen molar-refractivity contribution in [1.82, 2.24) is 5.32 Å². The van der Waals surface area contributed by atoms with E-state index >= 15 is 0 Å². The summed E-state index contributed by atoms with van der Waals surface area (Å²) in [5, 5.41) is 3.10. The summed E-state index contributed by atoms with van der Waals surface area (Å²) >= 11 is 0. The Morgan fingerprint density at radius 1 is 1.14 bits per heavy atom. The largest absolute Gasteiger partial charge is 0.487 e. The standard InChI is InChI=1S/C22H28N2O4S/c1-5-24(29(26,27)6-2)17-13-11-16(12-14-17)21(25)23-19-15-22(3,4)28-20-10-8-7-9-18(19)20/h7-14,19H,5-6,15H2,1-4H3,(H,23,25). The molecule has 1 aliphatic rings. The maximum atomic E-state index is 12.9. The third-order valence-corrected chi connectivity index (χ3v) is 6.96. The van der Waals surface area contributed by atoms with Crippen LogP contribution in [-0.4, -0.2) is 32.2 Å². The molecule has 1 aliphatic heterocycles. The van der Waals surface area contributed by atoms with Crippen LogP contribution in [0, 0.1) is 0 Å². The first kappa shape index (κ1) is 21.2. The van der Waals surface area contributed by atoms with Crippen LogP contribution in [0.1, 0.15) is 56.1 Å². The maximum absolute atomic E-state index is 12.9. The second-order valence-corrected chi connectivity index (χ2v) is 9.92. The van der Waals surface area contributed by atoms with Gasteiger partial charge in [-0.2, -0.15) is 0 Å². The predicted molar refractivity (Wildman–Crippen MR) is 115 cm³/mol. The molecule has 0 bridgehead atoms. The number of fused-ring (bicyclic) bond motifs is 1. The van der Waals surface area contributed by atoms with Crippen molar-refractivity contribution in [3.8, 4) is 5.75 Å². The number of carbonyl (C=O) groups excluding carboxylic acids is 1. The van der Waals surface area contributed by atoms with Gasteiger partial charge < -0.3 is 10.1 Å². The molecular weight excluding hydrogens is 388 g/mol. The van der Waals surface area contributed by atoms with Gasteiger partial charge in [0.05, 0.1) is 17.5 Å². The van der Waals surface area contributed by atoms with Gasteiger partial charge >= 0.3 is 0 Å². The monoisotopic (exact) mass is 416 g/mol. The van der Waals surface area contributed by atoms with Crippen molar-refractivity contribution in [2.24, 2.45) is 0 Å². The van der Waals surface area contributed by atoms with Crippen molar-refractivity contribution >= 4 is 21.6 Å². The molecule has 1 N–H and O–H groups in total. The zero-order chi connectivity index (χ0) is 21.2. The molecule has 0 aliphatic carbocycles. The van der Waals surface area contributed by atoms with Crippen molar-refractivity contribution in [1.29, 1.82) is 0 Å². The van der Waals surface area contributed by atoms with E-state index in [1.807, 2.05) is 38.1 Å². The Bertz CT molecular complexity index is 984. The minimum absolute atomic E-state index is 0.0298. The Hall–Kier alpha value is -2.54. The third-order valence-electron chi connectivity index (χ3n) is 5.09. The fraction of sp³-hybridized carbons (Fsp3) is 0.409. The molecule has 7 heteroatoms. The van der Waals surface area contributed by atoms with E-state index in [2.05, 4.69) is 5.32 Å². The van der Waals surface area contributed by atoms with Crippen LogP contribution >= 0.6 is 0 Å². The predicted octanol–water partition coefficient (Wildman–Crippen LogP) is 3.89. The molecule has 29 heavy (non-hydrogen) atoms. The van der Waals surface area contributed by atoms with E-state index in [0.717, 1.165) is 11.3 Å². The van der Waals surface area contributed by atoms with Crippen LogP contribution in [0.3, 0.4) is 0 Å². The molecular formula is C22H28N2O4S. The Balaban J connectivity index is 1.80. The summed E-state index contributed by atoms with van der Waals surface area (Å²) in [4.78, 5) is 12.9. The normalized spacial score (nSPS) is 17.7. The van der Waals surface area contributed by atoms with Crippen LogP contribution in [0.4, 0.5) is 5.69 Å². The molecule has 1 heterocycles. The van der Waals surface area contributed by atoms with E-state index in [0.29, 0.717) is 24.2 Å². The van der Waals surface area contributed by atoms with E-state index in [9.17, 15) is 13.2 Å². The number of hydrogen-bond acceptors (Lipinski definition) is 4. The smallest absolute Gasteiger partial charge is 0.251 e. The highest BCUT2D eigenvalue weighted by Gasteiger charge is 2.34. The Morgan fingerprint density at radius 2 is 1.79 bits per heavy atom. The molecule has 1 unspecified atom stereocenters. The number of hydrogen-bond donors (Lipinski definition) is 1. The van der Waals surface area contributed by atoms with Gasteiger partial charge in [-0.1, -0.05) is 18.2 Å². The molecule has 0 aromatic heterocycles. The number of nitrogens with zero attached hydrogens (tertiary/aromatic N) is 1. The number of ether oxygens (including phenoxy) is 1. The van der Waals surface area contributed by atoms with Crippen molar-refractivity contribution in [3.05, 3.63) is 59.7 Å². The number of amides is 1. The Labute approximate surface area is 172 Å². The van der Waals surface area contributed by atoms with E-state index in [-0.39, 0.29) is 23.3 Å². The van der Waals surface area contributed by atoms with Gasteiger partial charge in [0.15, 0.2) is 0 Å². The fourth-order valence-electron chi connectivity index (χ4n) is 3.65. The number of rotatable bonds is 6. The number of para-hydroxylation sites is 1. The molecule has 156 valence electrons. The third kappa shape index (κ3) is 4.56. The number of sulfonamides is 1. The first-order valence-electron chi connectivity index (χ1n) is 9.86. The van der Waals surface area contributed by atoms with Crippen LogP contribution in [-0.2, 0) is 10.0 Å². The van der Waals surface area contributed by atoms with E-state index < -0.39 is 10.0 Å². The number of nitrogens with one attached hydrogen (secondary N) is 1. The average molecular weight is 417 g/mol. The van der Waals surface area contributed by atoms with Gasteiger partial charge in [0.25, 0.3) is 5.91 Å². The molecule has 0 saturated heterocycles. The lowest BCUT2D eigenvalue weighted by molar-refractivity contribution is 0.0619. The number of benzene rings is 2. The van der Waals surface area contributed by atoms with E-state index in [1.54, 1.807) is 38.1 Å². The van der Waals surface area contributed by atoms with Crippen molar-refractivity contribution in [2.75, 3.05) is 16.6 Å². The fourth-order valence-corrected chi connectivity index (χ4v) is 4.80. The molecule has 0 spiro atoms. The summed E-state index contributed by atoms with van der Waals surface area (Å²) < 4.78 is 31.8. The summed E-state index contributed by atoms with van der Waals surface area (Å²) in [5.74, 6) is 0.616. The lowest BCUT2D eigenvalue weighted by atomic mass is 9.89. The van der Waals surface area contributed by atoms with Crippen LogP contribution < -0.4 is 14.4 Å². The second-order valence-electron chi connectivity index (χ2n) is 7.74. The summed E-state index contributed by atoms with van der Waals surface area (Å²) in [6, 6.07) is 14.2. The minimum Gasteiger partial charge on any atom is -0.487 e. The average Bonchev–Trinajstić information content (AvgIpc) is 2.68. The Morgan fingerprint density at radius 3 is 2.41 bits per heavy atom. The summed E-state index contributed by atoms with van der Waals surface area (Å²) in [6.45, 7) is 7.76. The van der Waals surface area contributed by atoms with Crippen LogP contribution in [0.15, 0.2) is 48.5 Å². The molecule has 0 fully saturated rings. The summed E-state index contributed by atoms with van der Waals surface area (Å²) in [5.41, 5.74) is 1.62. The van der Waals surface area contributed by atoms with Crippen LogP contribution in [0.2, 0.25) is 0 Å². The zero-order valence-electron chi connectivity index (χ0n) is 17.3. The first-order chi connectivity index (χ1) is 13.7. The quantitative estimate of drug-likeness (QED) is 0.775. The highest BCUT2D eigenvalue weighted by molar-refractivity contribution is 7.92. The molecule has 2 aromatic carbocycles. The van der Waals surface area contributed by atoms with E-state index in [1.165, 1.54) is 4.31 Å². The van der Waals surface area contributed by atoms with Crippen molar-refractivity contribution in [3.63, 3.8) is 0 Å². The second kappa shape index (κ2) is 8.06. The maximum Gasteiger partial charge on any atom is 0.251 e. The minimum atomic E-state index is -3.35. The van der Waals surface area contributed by atoms with E-state index in [4.69, 9.17) is 4.74 Å². The van der Waals surface area contributed by atoms with Crippen molar-refractivity contribution < 1.29 is 17.9 Å².